The lowest BCUT2D eigenvalue weighted by Gasteiger charge is -2.11. The normalized spacial score (nSPS) is 10.0. The van der Waals surface area contributed by atoms with Crippen LogP contribution in [0.5, 0.6) is 0 Å². The molecule has 19 heavy (non-hydrogen) atoms. The van der Waals surface area contributed by atoms with Gasteiger partial charge in [-0.05, 0) is 24.6 Å². The Kier molecular flexibility index (Phi) is 4.18. The van der Waals surface area contributed by atoms with Crippen molar-refractivity contribution in [3.8, 4) is 0 Å². The predicted octanol–water partition coefficient (Wildman–Crippen LogP) is 3.39. The molecule has 3 heteroatoms. The average Bonchev–Trinajstić information content (AvgIpc) is 2.45. The van der Waals surface area contributed by atoms with Gasteiger partial charge in [-0.2, -0.15) is 0 Å². The Bertz CT molecular complexity index is 578. The second-order valence-corrected chi connectivity index (χ2v) is 4.38. The zero-order valence-electron chi connectivity index (χ0n) is 11.1. The fraction of sp³-hybridized carbons (Fsp3) is 0.188. The van der Waals surface area contributed by atoms with E-state index in [-0.39, 0.29) is 5.97 Å². The highest BCUT2D eigenvalue weighted by atomic mass is 16.5. The summed E-state index contributed by atoms with van der Waals surface area (Å²) in [7, 11) is 1.39. The van der Waals surface area contributed by atoms with Gasteiger partial charge >= 0.3 is 5.97 Å². The molecule has 0 amide bonds. The van der Waals surface area contributed by atoms with Crippen molar-refractivity contribution in [2.24, 2.45) is 0 Å². The van der Waals surface area contributed by atoms with Gasteiger partial charge < -0.3 is 10.1 Å². The molecular formula is C16H17NO2. The highest BCUT2D eigenvalue weighted by Gasteiger charge is 2.10. The molecule has 0 aliphatic rings. The van der Waals surface area contributed by atoms with Gasteiger partial charge in [0.1, 0.15) is 0 Å². The van der Waals surface area contributed by atoms with Crippen LogP contribution < -0.4 is 5.32 Å². The van der Waals surface area contributed by atoms with E-state index in [1.165, 1.54) is 18.2 Å². The Labute approximate surface area is 113 Å². The number of carbonyl (C=O) groups excluding carboxylic acids is 1. The van der Waals surface area contributed by atoms with Gasteiger partial charge in [-0.25, -0.2) is 4.79 Å². The smallest absolute Gasteiger partial charge is 0.339 e. The Morgan fingerprint density at radius 2 is 1.95 bits per heavy atom. The molecule has 98 valence electrons. The minimum Gasteiger partial charge on any atom is -0.465 e. The molecule has 2 aromatic rings. The molecule has 2 aromatic carbocycles. The summed E-state index contributed by atoms with van der Waals surface area (Å²) in [5.41, 5.74) is 3.74. The van der Waals surface area contributed by atoms with E-state index in [9.17, 15) is 4.79 Å². The van der Waals surface area contributed by atoms with Crippen LogP contribution in [0.3, 0.4) is 0 Å². The first-order chi connectivity index (χ1) is 9.20. The second-order valence-electron chi connectivity index (χ2n) is 4.38. The number of rotatable bonds is 4. The summed E-state index contributed by atoms with van der Waals surface area (Å²) in [6.45, 7) is 2.74. The van der Waals surface area contributed by atoms with Crippen molar-refractivity contribution in [1.29, 1.82) is 0 Å². The molecule has 2 rings (SSSR count). The topological polar surface area (TPSA) is 38.3 Å². The summed E-state index contributed by atoms with van der Waals surface area (Å²) in [6, 6.07) is 15.6. The van der Waals surface area contributed by atoms with Gasteiger partial charge in [0.05, 0.1) is 12.7 Å². The van der Waals surface area contributed by atoms with Crippen LogP contribution in [0.25, 0.3) is 0 Å². The van der Waals surface area contributed by atoms with Gasteiger partial charge in [0, 0.05) is 12.2 Å². The zero-order valence-corrected chi connectivity index (χ0v) is 11.1. The van der Waals surface area contributed by atoms with Crippen LogP contribution in [0.15, 0.2) is 48.5 Å². The molecule has 3 nitrogen and oxygen atoms in total. The number of ether oxygens (including phenoxy) is 1. The van der Waals surface area contributed by atoms with E-state index < -0.39 is 0 Å². The fourth-order valence-corrected chi connectivity index (χ4v) is 1.94. The molecule has 0 aliphatic heterocycles. The van der Waals surface area contributed by atoms with Crippen LogP contribution in [-0.4, -0.2) is 13.1 Å². The second kappa shape index (κ2) is 6.05. The van der Waals surface area contributed by atoms with Crippen molar-refractivity contribution in [2.75, 3.05) is 12.4 Å². The first kappa shape index (κ1) is 13.1. The third-order valence-electron chi connectivity index (χ3n) is 2.90. The molecule has 0 heterocycles. The molecule has 1 N–H and O–H groups in total. The van der Waals surface area contributed by atoms with Crippen LogP contribution in [0, 0.1) is 6.92 Å². The fourth-order valence-electron chi connectivity index (χ4n) is 1.94. The van der Waals surface area contributed by atoms with Gasteiger partial charge in [0.15, 0.2) is 0 Å². The van der Waals surface area contributed by atoms with E-state index in [0.717, 1.165) is 5.69 Å². The number of para-hydroxylation sites is 1. The van der Waals surface area contributed by atoms with Crippen molar-refractivity contribution in [3.63, 3.8) is 0 Å². The number of esters is 1. The van der Waals surface area contributed by atoms with E-state index in [1.54, 1.807) is 6.07 Å². The van der Waals surface area contributed by atoms with Crippen molar-refractivity contribution < 1.29 is 9.53 Å². The standard InChI is InChI=1S/C16H17NO2/c1-12-6-5-7-13(10-12)11-17-15-9-4-3-8-14(15)16(18)19-2/h3-10,17H,11H2,1-2H3. The lowest BCUT2D eigenvalue weighted by molar-refractivity contribution is 0.0602. The monoisotopic (exact) mass is 255 g/mol. The number of methoxy groups -OCH3 is 1. The number of hydrogen-bond donors (Lipinski definition) is 1. The molecule has 0 bridgehead atoms. The van der Waals surface area contributed by atoms with Crippen molar-refractivity contribution in [3.05, 3.63) is 65.2 Å². The quantitative estimate of drug-likeness (QED) is 0.851. The lowest BCUT2D eigenvalue weighted by atomic mass is 10.1. The van der Waals surface area contributed by atoms with E-state index in [0.29, 0.717) is 12.1 Å². The molecule has 0 unspecified atom stereocenters. The zero-order chi connectivity index (χ0) is 13.7. The maximum atomic E-state index is 11.6. The minimum absolute atomic E-state index is 0.327. The summed E-state index contributed by atoms with van der Waals surface area (Å²) in [5, 5.41) is 3.27. The Hall–Kier alpha value is -2.29. The Morgan fingerprint density at radius 1 is 1.16 bits per heavy atom. The number of anilines is 1. The summed E-state index contributed by atoms with van der Waals surface area (Å²) >= 11 is 0. The van der Waals surface area contributed by atoms with Gasteiger partial charge in [-0.15, -0.1) is 0 Å². The van der Waals surface area contributed by atoms with Gasteiger partial charge in [0.2, 0.25) is 0 Å². The molecule has 0 aromatic heterocycles. The molecule has 0 fully saturated rings. The Morgan fingerprint density at radius 3 is 2.68 bits per heavy atom. The third kappa shape index (κ3) is 3.35. The molecule has 0 aliphatic carbocycles. The maximum absolute atomic E-state index is 11.6. The van der Waals surface area contributed by atoms with Crippen LogP contribution in [0.4, 0.5) is 5.69 Å². The maximum Gasteiger partial charge on any atom is 0.339 e. The van der Waals surface area contributed by atoms with E-state index in [2.05, 4.69) is 30.4 Å². The van der Waals surface area contributed by atoms with E-state index >= 15 is 0 Å². The highest BCUT2D eigenvalue weighted by Crippen LogP contribution is 2.17. The average molecular weight is 255 g/mol. The summed E-state index contributed by atoms with van der Waals surface area (Å²) in [5.74, 6) is -0.327. The van der Waals surface area contributed by atoms with Gasteiger partial charge in [-0.1, -0.05) is 42.0 Å². The Balaban J connectivity index is 2.13. The van der Waals surface area contributed by atoms with Gasteiger partial charge in [0.25, 0.3) is 0 Å². The minimum atomic E-state index is -0.327. The number of benzene rings is 2. The van der Waals surface area contributed by atoms with Crippen LogP contribution >= 0.6 is 0 Å². The first-order valence-corrected chi connectivity index (χ1v) is 6.17. The lowest BCUT2D eigenvalue weighted by Crippen LogP contribution is -2.08. The number of nitrogens with one attached hydrogen (secondary N) is 1. The van der Waals surface area contributed by atoms with Gasteiger partial charge in [-0.3, -0.25) is 0 Å². The van der Waals surface area contributed by atoms with Crippen molar-refractivity contribution in [2.45, 2.75) is 13.5 Å². The van der Waals surface area contributed by atoms with Crippen molar-refractivity contribution >= 4 is 11.7 Å². The molecule has 0 spiro atoms. The van der Waals surface area contributed by atoms with Crippen molar-refractivity contribution in [1.82, 2.24) is 0 Å². The molecule has 0 radical (unpaired) electrons. The highest BCUT2D eigenvalue weighted by molar-refractivity contribution is 5.95. The summed E-state index contributed by atoms with van der Waals surface area (Å²) in [4.78, 5) is 11.6. The number of aryl methyl sites for hydroxylation is 1. The van der Waals surface area contributed by atoms with E-state index in [4.69, 9.17) is 4.74 Å². The molecule has 0 saturated carbocycles. The molecule has 0 saturated heterocycles. The van der Waals surface area contributed by atoms with Crippen LogP contribution in [0.1, 0.15) is 21.5 Å². The van der Waals surface area contributed by atoms with E-state index in [1.807, 2.05) is 24.3 Å². The molecule has 0 atom stereocenters. The largest absolute Gasteiger partial charge is 0.465 e. The number of carbonyl (C=O) groups is 1. The van der Waals surface area contributed by atoms with Crippen LogP contribution in [0.2, 0.25) is 0 Å². The SMILES string of the molecule is COC(=O)c1ccccc1NCc1cccc(C)c1. The molecular weight excluding hydrogens is 238 g/mol. The summed E-state index contributed by atoms with van der Waals surface area (Å²) in [6.07, 6.45) is 0. The first-order valence-electron chi connectivity index (χ1n) is 6.17. The summed E-state index contributed by atoms with van der Waals surface area (Å²) < 4.78 is 4.77. The predicted molar refractivity (Wildman–Crippen MR) is 76.3 cm³/mol. The third-order valence-corrected chi connectivity index (χ3v) is 2.90. The van der Waals surface area contributed by atoms with Crippen LogP contribution in [-0.2, 0) is 11.3 Å². The number of hydrogen-bond acceptors (Lipinski definition) is 3.